The van der Waals surface area contributed by atoms with Crippen LogP contribution in [0.15, 0.2) is 134 Å². The van der Waals surface area contributed by atoms with Crippen molar-refractivity contribution in [2.24, 2.45) is 0 Å². The summed E-state index contributed by atoms with van der Waals surface area (Å²) in [5.74, 6) is 0. The van der Waals surface area contributed by atoms with Crippen LogP contribution < -0.4 is 0 Å². The third-order valence-corrected chi connectivity index (χ3v) is 7.51. The van der Waals surface area contributed by atoms with Gasteiger partial charge in [-0.25, -0.2) is 0 Å². The molecule has 0 bridgehead atoms. The van der Waals surface area contributed by atoms with Gasteiger partial charge in [0.25, 0.3) is 0 Å². The van der Waals surface area contributed by atoms with E-state index in [0.717, 1.165) is 38.9 Å². The van der Waals surface area contributed by atoms with Crippen molar-refractivity contribution >= 4 is 43.6 Å². The SMILES string of the molecule is c1cncc(-c2ccc(-n3c4ccncc4c4cc(-n5c6ccccc6c6ccccc65)ccc43)cc2)c1. The topological polar surface area (TPSA) is 35.6 Å². The third-order valence-electron chi connectivity index (χ3n) is 7.51. The highest BCUT2D eigenvalue weighted by Gasteiger charge is 2.16. The molecule has 38 heavy (non-hydrogen) atoms. The van der Waals surface area contributed by atoms with Crippen molar-refractivity contribution in [3.63, 3.8) is 0 Å². The summed E-state index contributed by atoms with van der Waals surface area (Å²) in [5, 5.41) is 4.85. The summed E-state index contributed by atoms with van der Waals surface area (Å²) in [6, 6.07) is 38.9. The minimum Gasteiger partial charge on any atom is -0.309 e. The van der Waals surface area contributed by atoms with E-state index in [9.17, 15) is 0 Å². The molecule has 0 radical (unpaired) electrons. The van der Waals surface area contributed by atoms with Gasteiger partial charge in [-0.05, 0) is 65.7 Å². The summed E-state index contributed by atoms with van der Waals surface area (Å²) in [4.78, 5) is 8.76. The largest absolute Gasteiger partial charge is 0.309 e. The van der Waals surface area contributed by atoms with Crippen molar-refractivity contribution < 1.29 is 0 Å². The molecule has 4 aromatic heterocycles. The summed E-state index contributed by atoms with van der Waals surface area (Å²) < 4.78 is 4.70. The van der Waals surface area contributed by atoms with E-state index in [1.165, 1.54) is 27.2 Å². The van der Waals surface area contributed by atoms with Crippen LogP contribution in [0.5, 0.6) is 0 Å². The summed E-state index contributed by atoms with van der Waals surface area (Å²) in [7, 11) is 0. The van der Waals surface area contributed by atoms with Crippen molar-refractivity contribution in [2.45, 2.75) is 0 Å². The average Bonchev–Trinajstić information content (AvgIpc) is 3.50. The second-order valence-electron chi connectivity index (χ2n) is 9.59. The van der Waals surface area contributed by atoms with Crippen molar-refractivity contribution in [1.29, 1.82) is 0 Å². The van der Waals surface area contributed by atoms with E-state index < -0.39 is 0 Å². The first-order chi connectivity index (χ1) is 18.9. The minimum absolute atomic E-state index is 1.11. The summed E-state index contributed by atoms with van der Waals surface area (Å²) in [6.07, 6.45) is 7.55. The van der Waals surface area contributed by atoms with E-state index in [2.05, 4.69) is 122 Å². The van der Waals surface area contributed by atoms with Crippen LogP contribution in [-0.2, 0) is 0 Å². The van der Waals surface area contributed by atoms with Gasteiger partial charge in [0.1, 0.15) is 0 Å². The highest BCUT2D eigenvalue weighted by molar-refractivity contribution is 6.12. The highest BCUT2D eigenvalue weighted by atomic mass is 15.0. The van der Waals surface area contributed by atoms with Gasteiger partial charge in [0.2, 0.25) is 0 Å². The van der Waals surface area contributed by atoms with Gasteiger partial charge in [0, 0.05) is 57.7 Å². The lowest BCUT2D eigenvalue weighted by molar-refractivity contribution is 1.16. The van der Waals surface area contributed by atoms with Crippen molar-refractivity contribution in [2.75, 3.05) is 0 Å². The molecule has 0 fully saturated rings. The molecule has 0 saturated carbocycles. The standard InChI is InChI=1S/C34H22N4/c1-3-9-31-27(7-1)28-8-2-4-10-32(28)38(31)26-15-16-33-29(20-26)30-22-36-19-17-34(30)37(33)25-13-11-23(12-14-25)24-6-5-18-35-21-24/h1-22H. The van der Waals surface area contributed by atoms with Crippen LogP contribution in [0, 0.1) is 0 Å². The van der Waals surface area contributed by atoms with Crippen molar-refractivity contribution in [3.05, 3.63) is 134 Å². The summed E-state index contributed by atoms with van der Waals surface area (Å²) in [5.41, 5.74) is 9.24. The molecule has 178 valence electrons. The molecule has 4 aromatic carbocycles. The lowest BCUT2D eigenvalue weighted by Gasteiger charge is -2.11. The fourth-order valence-electron chi connectivity index (χ4n) is 5.81. The number of pyridine rings is 2. The fraction of sp³-hybridized carbons (Fsp3) is 0. The molecule has 0 aliphatic rings. The minimum atomic E-state index is 1.11. The molecule has 4 heterocycles. The molecule has 0 spiro atoms. The van der Waals surface area contributed by atoms with Gasteiger partial charge in [-0.2, -0.15) is 0 Å². The molecule has 0 aliphatic carbocycles. The number of aromatic nitrogens is 4. The number of fused-ring (bicyclic) bond motifs is 6. The van der Waals surface area contributed by atoms with Gasteiger partial charge in [0.15, 0.2) is 0 Å². The van der Waals surface area contributed by atoms with Crippen LogP contribution in [0.3, 0.4) is 0 Å². The van der Waals surface area contributed by atoms with E-state index in [0.29, 0.717) is 0 Å². The first kappa shape index (κ1) is 20.9. The maximum atomic E-state index is 4.49. The molecular formula is C34H22N4. The Hall–Kier alpha value is -5.22. The number of hydrogen-bond acceptors (Lipinski definition) is 2. The van der Waals surface area contributed by atoms with Crippen molar-refractivity contribution in [1.82, 2.24) is 19.1 Å². The Morgan fingerprint density at radius 2 is 1.03 bits per heavy atom. The van der Waals surface area contributed by atoms with Gasteiger partial charge in [-0.1, -0.05) is 54.6 Å². The molecular weight excluding hydrogens is 464 g/mol. The Morgan fingerprint density at radius 3 is 1.76 bits per heavy atom. The molecule has 0 atom stereocenters. The second kappa shape index (κ2) is 8.15. The van der Waals surface area contributed by atoms with Gasteiger partial charge in [-0.3, -0.25) is 9.97 Å². The van der Waals surface area contributed by atoms with Crippen LogP contribution in [0.4, 0.5) is 0 Å². The summed E-state index contributed by atoms with van der Waals surface area (Å²) >= 11 is 0. The van der Waals surface area contributed by atoms with Crippen LogP contribution in [0.25, 0.3) is 66.1 Å². The molecule has 0 aliphatic heterocycles. The van der Waals surface area contributed by atoms with Crippen LogP contribution in [-0.4, -0.2) is 19.1 Å². The molecule has 0 saturated heterocycles. The van der Waals surface area contributed by atoms with Crippen LogP contribution in [0.1, 0.15) is 0 Å². The molecule has 4 nitrogen and oxygen atoms in total. The second-order valence-corrected chi connectivity index (χ2v) is 9.59. The number of hydrogen-bond donors (Lipinski definition) is 0. The Balaban J connectivity index is 1.36. The number of para-hydroxylation sites is 2. The Labute approximate surface area is 219 Å². The Kier molecular flexibility index (Phi) is 4.49. The number of nitrogens with zero attached hydrogens (tertiary/aromatic N) is 4. The molecule has 0 amide bonds. The van der Waals surface area contributed by atoms with Crippen LogP contribution >= 0.6 is 0 Å². The third kappa shape index (κ3) is 3.04. The molecule has 8 rings (SSSR count). The Morgan fingerprint density at radius 1 is 0.395 bits per heavy atom. The number of rotatable bonds is 3. The van der Waals surface area contributed by atoms with E-state index >= 15 is 0 Å². The van der Waals surface area contributed by atoms with E-state index in [1.807, 2.05) is 24.7 Å². The molecule has 0 unspecified atom stereocenters. The molecule has 4 heteroatoms. The molecule has 0 N–H and O–H groups in total. The first-order valence-electron chi connectivity index (χ1n) is 12.7. The average molecular weight is 487 g/mol. The zero-order valence-corrected chi connectivity index (χ0v) is 20.5. The molecule has 8 aromatic rings. The normalized spacial score (nSPS) is 11.7. The van der Waals surface area contributed by atoms with Gasteiger partial charge >= 0.3 is 0 Å². The maximum absolute atomic E-state index is 4.49. The van der Waals surface area contributed by atoms with Crippen LogP contribution in [0.2, 0.25) is 0 Å². The maximum Gasteiger partial charge on any atom is 0.0571 e. The zero-order valence-electron chi connectivity index (χ0n) is 20.5. The zero-order chi connectivity index (χ0) is 25.1. The quantitative estimate of drug-likeness (QED) is 0.252. The monoisotopic (exact) mass is 486 g/mol. The predicted octanol–water partition coefficient (Wildman–Crippen LogP) is 8.34. The van der Waals surface area contributed by atoms with E-state index in [1.54, 1.807) is 6.20 Å². The smallest absolute Gasteiger partial charge is 0.0571 e. The Bertz CT molecular complexity index is 2060. The lowest BCUT2D eigenvalue weighted by atomic mass is 10.1. The van der Waals surface area contributed by atoms with Gasteiger partial charge in [0.05, 0.1) is 22.1 Å². The van der Waals surface area contributed by atoms with E-state index in [4.69, 9.17) is 0 Å². The fourth-order valence-corrected chi connectivity index (χ4v) is 5.81. The van der Waals surface area contributed by atoms with Gasteiger partial charge < -0.3 is 9.13 Å². The first-order valence-corrected chi connectivity index (χ1v) is 12.7. The lowest BCUT2D eigenvalue weighted by Crippen LogP contribution is -1.96. The predicted molar refractivity (Wildman–Crippen MR) is 156 cm³/mol. The van der Waals surface area contributed by atoms with E-state index in [-0.39, 0.29) is 0 Å². The summed E-state index contributed by atoms with van der Waals surface area (Å²) in [6.45, 7) is 0. The van der Waals surface area contributed by atoms with Gasteiger partial charge in [-0.15, -0.1) is 0 Å². The number of benzene rings is 4. The highest BCUT2D eigenvalue weighted by Crippen LogP contribution is 2.36. The van der Waals surface area contributed by atoms with Crippen molar-refractivity contribution in [3.8, 4) is 22.5 Å².